The van der Waals surface area contributed by atoms with Crippen LogP contribution in [0.15, 0.2) is 0 Å². The molecular weight excluding hydrogens is 408 g/mol. The fourth-order valence-electron chi connectivity index (χ4n) is 3.55. The number of carbonyl (C=O) groups is 4. The topological polar surface area (TPSA) is 142 Å². The number of aliphatic carboxylic acids is 1. The minimum absolute atomic E-state index is 0.0674. The van der Waals surface area contributed by atoms with Crippen LogP contribution in [0, 0.1) is 11.8 Å². The fourth-order valence-corrected chi connectivity index (χ4v) is 3.80. The normalized spacial score (nSPS) is 19.5. The van der Waals surface area contributed by atoms with Gasteiger partial charge < -0.3 is 26.4 Å². The molecule has 0 saturated carbocycles. The Labute approximate surface area is 183 Å². The summed E-state index contributed by atoms with van der Waals surface area (Å²) < 4.78 is 0. The van der Waals surface area contributed by atoms with Crippen molar-refractivity contribution < 1.29 is 24.3 Å². The van der Waals surface area contributed by atoms with Gasteiger partial charge in [0.25, 0.3) is 0 Å². The summed E-state index contributed by atoms with van der Waals surface area (Å²) in [7, 11) is 0. The molecule has 1 aliphatic rings. The van der Waals surface area contributed by atoms with Gasteiger partial charge in [-0.25, -0.2) is 4.79 Å². The second-order valence-corrected chi connectivity index (χ2v) is 9.06. The molecule has 1 fully saturated rings. The standard InChI is InChI=1S/C20H36N4O5S/c1-11(2)8-13(21)19(27)24-7-5-6-16(24)18(26)22-14(9-12(3)4)17(25)23-15(10-30)20(28)29/h11-16,30H,5-10,21H2,1-4H3,(H,22,26)(H,23,25)(H,28,29). The van der Waals surface area contributed by atoms with Crippen molar-refractivity contribution in [3.63, 3.8) is 0 Å². The van der Waals surface area contributed by atoms with Gasteiger partial charge in [-0.1, -0.05) is 27.7 Å². The first-order valence-electron chi connectivity index (χ1n) is 10.5. The summed E-state index contributed by atoms with van der Waals surface area (Å²) in [6, 6.07) is -3.40. The molecule has 0 aromatic carbocycles. The molecule has 0 aliphatic carbocycles. The molecule has 5 N–H and O–H groups in total. The summed E-state index contributed by atoms with van der Waals surface area (Å²) in [6.07, 6.45) is 2.04. The number of nitrogens with zero attached hydrogens (tertiary/aromatic N) is 1. The van der Waals surface area contributed by atoms with Gasteiger partial charge in [0.2, 0.25) is 17.7 Å². The number of amides is 3. The quantitative estimate of drug-likeness (QED) is 0.292. The lowest BCUT2D eigenvalue weighted by atomic mass is 10.0. The first kappa shape index (κ1) is 26.2. The van der Waals surface area contributed by atoms with E-state index in [1.807, 2.05) is 27.7 Å². The fraction of sp³-hybridized carbons (Fsp3) is 0.800. The maximum atomic E-state index is 12.9. The Morgan fingerprint density at radius 1 is 1.07 bits per heavy atom. The molecule has 0 aromatic rings. The summed E-state index contributed by atoms with van der Waals surface area (Å²) in [5, 5.41) is 14.3. The molecule has 3 amide bonds. The number of hydrogen-bond acceptors (Lipinski definition) is 6. The Morgan fingerprint density at radius 3 is 2.17 bits per heavy atom. The Hall–Kier alpha value is -1.81. The minimum Gasteiger partial charge on any atom is -0.480 e. The van der Waals surface area contributed by atoms with Crippen molar-refractivity contribution in [3.8, 4) is 0 Å². The molecule has 1 rings (SSSR count). The highest BCUT2D eigenvalue weighted by molar-refractivity contribution is 7.80. The molecule has 4 atom stereocenters. The molecular formula is C20H36N4O5S. The zero-order chi connectivity index (χ0) is 23.0. The highest BCUT2D eigenvalue weighted by Gasteiger charge is 2.38. The van der Waals surface area contributed by atoms with Crippen LogP contribution in [0.4, 0.5) is 0 Å². The number of nitrogens with one attached hydrogen (secondary N) is 2. The summed E-state index contributed by atoms with van der Waals surface area (Å²) in [4.78, 5) is 51.0. The van der Waals surface area contributed by atoms with Crippen molar-refractivity contribution in [2.75, 3.05) is 12.3 Å². The second-order valence-electron chi connectivity index (χ2n) is 8.70. The van der Waals surface area contributed by atoms with Crippen molar-refractivity contribution in [2.45, 2.75) is 77.5 Å². The molecule has 0 bridgehead atoms. The molecule has 1 aliphatic heterocycles. The Bertz CT molecular complexity index is 628. The number of thiol groups is 1. The molecule has 4 unspecified atom stereocenters. The third kappa shape index (κ3) is 7.79. The van der Waals surface area contributed by atoms with Crippen LogP contribution in [0.3, 0.4) is 0 Å². The third-order valence-corrected chi connectivity index (χ3v) is 5.38. The van der Waals surface area contributed by atoms with Crippen molar-refractivity contribution in [1.82, 2.24) is 15.5 Å². The first-order valence-corrected chi connectivity index (χ1v) is 11.1. The monoisotopic (exact) mass is 444 g/mol. The Morgan fingerprint density at radius 2 is 1.67 bits per heavy atom. The van der Waals surface area contributed by atoms with Crippen LogP contribution in [0.2, 0.25) is 0 Å². The number of carboxylic acid groups (broad SMARTS) is 1. The molecule has 0 aromatic heterocycles. The van der Waals surface area contributed by atoms with Gasteiger partial charge in [-0.05, 0) is 37.5 Å². The maximum absolute atomic E-state index is 12.9. The van der Waals surface area contributed by atoms with E-state index in [-0.39, 0.29) is 23.5 Å². The van der Waals surface area contributed by atoms with Crippen LogP contribution >= 0.6 is 12.6 Å². The van der Waals surface area contributed by atoms with E-state index in [0.717, 1.165) is 0 Å². The predicted octanol–water partition coefficient (Wildman–Crippen LogP) is 0.381. The lowest BCUT2D eigenvalue weighted by Gasteiger charge is -2.29. The molecule has 30 heavy (non-hydrogen) atoms. The van der Waals surface area contributed by atoms with Crippen LogP contribution in [0.25, 0.3) is 0 Å². The molecule has 1 saturated heterocycles. The number of nitrogens with two attached hydrogens (primary N) is 1. The maximum Gasteiger partial charge on any atom is 0.327 e. The molecule has 0 spiro atoms. The van der Waals surface area contributed by atoms with Crippen molar-refractivity contribution in [2.24, 2.45) is 17.6 Å². The van der Waals surface area contributed by atoms with Crippen LogP contribution in [0.5, 0.6) is 0 Å². The largest absolute Gasteiger partial charge is 0.480 e. The minimum atomic E-state index is -1.19. The lowest BCUT2D eigenvalue weighted by molar-refractivity contribution is -0.142. The molecule has 10 heteroatoms. The van der Waals surface area contributed by atoms with E-state index in [1.54, 1.807) is 0 Å². The SMILES string of the molecule is CC(C)CC(N)C(=O)N1CCCC1C(=O)NC(CC(C)C)C(=O)NC(CS)C(=O)O. The van der Waals surface area contributed by atoms with E-state index >= 15 is 0 Å². The van der Waals surface area contributed by atoms with Crippen LogP contribution in [-0.4, -0.2) is 70.2 Å². The number of hydrogen-bond donors (Lipinski definition) is 5. The molecule has 172 valence electrons. The van der Waals surface area contributed by atoms with Gasteiger partial charge in [0.15, 0.2) is 0 Å². The Balaban J connectivity index is 2.87. The predicted molar refractivity (Wildman–Crippen MR) is 117 cm³/mol. The zero-order valence-electron chi connectivity index (χ0n) is 18.3. The van der Waals surface area contributed by atoms with Gasteiger partial charge in [0, 0.05) is 12.3 Å². The summed E-state index contributed by atoms with van der Waals surface area (Å²) in [5.41, 5.74) is 6.02. The number of carboxylic acids is 1. The van der Waals surface area contributed by atoms with E-state index in [4.69, 9.17) is 10.8 Å². The van der Waals surface area contributed by atoms with Crippen molar-refractivity contribution in [1.29, 1.82) is 0 Å². The van der Waals surface area contributed by atoms with E-state index in [2.05, 4.69) is 23.3 Å². The highest BCUT2D eigenvalue weighted by atomic mass is 32.1. The van der Waals surface area contributed by atoms with Gasteiger partial charge in [-0.3, -0.25) is 14.4 Å². The van der Waals surface area contributed by atoms with Gasteiger partial charge in [-0.15, -0.1) is 0 Å². The number of rotatable bonds is 11. The number of carbonyl (C=O) groups excluding carboxylic acids is 3. The first-order chi connectivity index (χ1) is 14.0. The zero-order valence-corrected chi connectivity index (χ0v) is 19.2. The van der Waals surface area contributed by atoms with Gasteiger partial charge >= 0.3 is 5.97 Å². The van der Waals surface area contributed by atoms with Gasteiger partial charge in [0.05, 0.1) is 6.04 Å². The average Bonchev–Trinajstić information content (AvgIpc) is 3.13. The van der Waals surface area contributed by atoms with Crippen LogP contribution < -0.4 is 16.4 Å². The summed E-state index contributed by atoms with van der Waals surface area (Å²) >= 11 is 3.95. The van der Waals surface area contributed by atoms with Crippen LogP contribution in [0.1, 0.15) is 53.4 Å². The molecule has 9 nitrogen and oxygen atoms in total. The van der Waals surface area contributed by atoms with E-state index < -0.39 is 42.0 Å². The molecule has 0 radical (unpaired) electrons. The second kappa shape index (κ2) is 12.1. The van der Waals surface area contributed by atoms with Gasteiger partial charge in [-0.2, -0.15) is 12.6 Å². The molecule has 1 heterocycles. The van der Waals surface area contributed by atoms with Crippen molar-refractivity contribution in [3.05, 3.63) is 0 Å². The Kier molecular flexibility index (Phi) is 10.6. The summed E-state index contributed by atoms with van der Waals surface area (Å²) in [5.74, 6) is -2.18. The van der Waals surface area contributed by atoms with Gasteiger partial charge in [0.1, 0.15) is 18.1 Å². The highest BCUT2D eigenvalue weighted by Crippen LogP contribution is 2.20. The average molecular weight is 445 g/mol. The van der Waals surface area contributed by atoms with E-state index in [1.165, 1.54) is 4.90 Å². The smallest absolute Gasteiger partial charge is 0.327 e. The summed E-state index contributed by atoms with van der Waals surface area (Å²) in [6.45, 7) is 8.20. The van der Waals surface area contributed by atoms with E-state index in [0.29, 0.717) is 32.2 Å². The van der Waals surface area contributed by atoms with Crippen molar-refractivity contribution >= 4 is 36.3 Å². The van der Waals surface area contributed by atoms with Crippen LogP contribution in [-0.2, 0) is 19.2 Å². The van der Waals surface area contributed by atoms with E-state index in [9.17, 15) is 19.2 Å². The number of likely N-dealkylation sites (tertiary alicyclic amines) is 1. The third-order valence-electron chi connectivity index (χ3n) is 5.02. The lowest BCUT2D eigenvalue weighted by Crippen LogP contribution is -2.57.